The summed E-state index contributed by atoms with van der Waals surface area (Å²) in [5, 5.41) is 15.1. The molecule has 4 heterocycles. The van der Waals surface area contributed by atoms with E-state index in [1.165, 1.54) is 24.1 Å². The number of aryl methyl sites for hydroxylation is 2. The van der Waals surface area contributed by atoms with Gasteiger partial charge in [-0.2, -0.15) is 5.10 Å². The number of carbonyl (C=O) groups is 1. The Balaban J connectivity index is 1.18. The zero-order valence-corrected chi connectivity index (χ0v) is 21.8. The third-order valence-electron chi connectivity index (χ3n) is 7.41. The smallest absolute Gasteiger partial charge is 0.305 e. The third kappa shape index (κ3) is 5.70. The molecule has 0 amide bonds. The van der Waals surface area contributed by atoms with Gasteiger partial charge in [-0.25, -0.2) is 4.98 Å². The number of anilines is 1. The van der Waals surface area contributed by atoms with Crippen LogP contribution in [0, 0.1) is 0 Å². The third-order valence-corrected chi connectivity index (χ3v) is 7.41. The fraction of sp³-hybridized carbons (Fsp3) is 0.414. The lowest BCUT2D eigenvalue weighted by Gasteiger charge is -2.28. The van der Waals surface area contributed by atoms with E-state index in [9.17, 15) is 9.90 Å². The van der Waals surface area contributed by atoms with Crippen LogP contribution in [0.2, 0.25) is 0 Å². The summed E-state index contributed by atoms with van der Waals surface area (Å²) < 4.78 is 13.2. The second kappa shape index (κ2) is 11.4. The first kappa shape index (κ1) is 25.2. The lowest BCUT2D eigenvalue weighted by molar-refractivity contribution is -0.137. The number of carboxylic acids is 1. The minimum Gasteiger partial charge on any atom is -0.493 e. The lowest BCUT2D eigenvalue weighted by atomic mass is 9.96. The van der Waals surface area contributed by atoms with Gasteiger partial charge in [0, 0.05) is 36.3 Å². The SMILES string of the molecule is O=C(O)CC(c1cncc(N2CCOCC2)n1)n1ncc2cc(OCCc3ccc4c(n3)CCCC4)ccc21. The molecular weight excluding hydrogens is 496 g/mol. The number of benzene rings is 1. The predicted octanol–water partition coefficient (Wildman–Crippen LogP) is 3.62. The van der Waals surface area contributed by atoms with Gasteiger partial charge in [-0.15, -0.1) is 0 Å². The Bertz CT molecular complexity index is 1470. The van der Waals surface area contributed by atoms with Crippen molar-refractivity contribution in [3.63, 3.8) is 0 Å². The Hall–Kier alpha value is -4.05. The van der Waals surface area contributed by atoms with Crippen LogP contribution in [0.5, 0.6) is 5.75 Å². The van der Waals surface area contributed by atoms with Crippen molar-refractivity contribution in [2.24, 2.45) is 0 Å². The van der Waals surface area contributed by atoms with Gasteiger partial charge < -0.3 is 19.5 Å². The van der Waals surface area contributed by atoms with Gasteiger partial charge in [0.15, 0.2) is 0 Å². The monoisotopic (exact) mass is 528 g/mol. The molecule has 3 aromatic heterocycles. The number of aromatic nitrogens is 5. The Morgan fingerprint density at radius 2 is 1.92 bits per heavy atom. The summed E-state index contributed by atoms with van der Waals surface area (Å²) in [4.78, 5) is 27.9. The van der Waals surface area contributed by atoms with E-state index in [1.54, 1.807) is 23.3 Å². The molecule has 10 nitrogen and oxygen atoms in total. The van der Waals surface area contributed by atoms with Gasteiger partial charge in [-0.3, -0.25) is 19.4 Å². The summed E-state index contributed by atoms with van der Waals surface area (Å²) in [6.45, 7) is 3.22. The summed E-state index contributed by atoms with van der Waals surface area (Å²) in [7, 11) is 0. The van der Waals surface area contributed by atoms with Gasteiger partial charge in [0.2, 0.25) is 0 Å². The van der Waals surface area contributed by atoms with Crippen molar-refractivity contribution in [1.82, 2.24) is 24.7 Å². The predicted molar refractivity (Wildman–Crippen MR) is 145 cm³/mol. The molecule has 1 saturated heterocycles. The minimum absolute atomic E-state index is 0.163. The molecule has 0 radical (unpaired) electrons. The van der Waals surface area contributed by atoms with Crippen LogP contribution in [-0.4, -0.2) is 68.7 Å². The number of nitrogens with zero attached hydrogens (tertiary/aromatic N) is 6. The summed E-state index contributed by atoms with van der Waals surface area (Å²) in [5.74, 6) is 0.522. The van der Waals surface area contributed by atoms with E-state index in [2.05, 4.69) is 27.1 Å². The van der Waals surface area contributed by atoms with Crippen molar-refractivity contribution >= 4 is 22.7 Å². The average Bonchev–Trinajstić information content (AvgIpc) is 3.39. The topological polar surface area (TPSA) is 115 Å². The molecule has 0 saturated carbocycles. The Morgan fingerprint density at radius 3 is 2.79 bits per heavy atom. The molecule has 1 N–H and O–H groups in total. The molecule has 202 valence electrons. The summed E-state index contributed by atoms with van der Waals surface area (Å²) in [6, 6.07) is 9.48. The Morgan fingerprint density at radius 1 is 1.05 bits per heavy atom. The van der Waals surface area contributed by atoms with Crippen LogP contribution in [-0.2, 0) is 28.8 Å². The van der Waals surface area contributed by atoms with E-state index in [0.29, 0.717) is 31.3 Å². The number of ether oxygens (including phenoxy) is 2. The van der Waals surface area contributed by atoms with Crippen LogP contribution in [0.25, 0.3) is 10.9 Å². The maximum absolute atomic E-state index is 11.8. The fourth-order valence-corrected chi connectivity index (χ4v) is 5.37. The number of hydrogen-bond acceptors (Lipinski definition) is 8. The Kier molecular flexibility index (Phi) is 7.36. The van der Waals surface area contributed by atoms with Gasteiger partial charge in [0.25, 0.3) is 0 Å². The highest BCUT2D eigenvalue weighted by Crippen LogP contribution is 2.28. The summed E-state index contributed by atoms with van der Waals surface area (Å²) in [6.07, 6.45) is 10.3. The van der Waals surface area contributed by atoms with Crippen molar-refractivity contribution in [3.05, 3.63) is 71.6 Å². The first-order valence-corrected chi connectivity index (χ1v) is 13.6. The highest BCUT2D eigenvalue weighted by molar-refractivity contribution is 5.81. The molecule has 1 unspecified atom stereocenters. The van der Waals surface area contributed by atoms with Crippen LogP contribution in [0.4, 0.5) is 5.82 Å². The molecule has 39 heavy (non-hydrogen) atoms. The first-order valence-electron chi connectivity index (χ1n) is 13.6. The van der Waals surface area contributed by atoms with Crippen LogP contribution in [0.15, 0.2) is 48.9 Å². The number of pyridine rings is 1. The second-order valence-corrected chi connectivity index (χ2v) is 10.0. The molecule has 2 aliphatic rings. The van der Waals surface area contributed by atoms with Crippen LogP contribution >= 0.6 is 0 Å². The molecule has 6 rings (SSSR count). The molecule has 1 fully saturated rings. The van der Waals surface area contributed by atoms with Crippen molar-refractivity contribution in [1.29, 1.82) is 0 Å². The average molecular weight is 529 g/mol. The second-order valence-electron chi connectivity index (χ2n) is 10.0. The van der Waals surface area contributed by atoms with E-state index in [4.69, 9.17) is 19.4 Å². The standard InChI is InChI=1S/C29H32N6O4/c36-29(37)16-27(25-18-30-19-28(33-25)34-10-13-38-14-11-34)35-26-8-7-23(15-21(26)17-31-35)39-12-9-22-6-5-20-3-1-2-4-24(20)32-22/h5-8,15,17-19,27H,1-4,9-14,16H2,(H,36,37). The quantitative estimate of drug-likeness (QED) is 0.348. The Labute approximate surface area is 226 Å². The molecule has 4 aromatic rings. The lowest BCUT2D eigenvalue weighted by Crippen LogP contribution is -2.37. The molecule has 0 bridgehead atoms. The van der Waals surface area contributed by atoms with Gasteiger partial charge in [0.05, 0.1) is 56.0 Å². The number of hydrogen-bond donors (Lipinski definition) is 1. The zero-order chi connectivity index (χ0) is 26.6. The zero-order valence-electron chi connectivity index (χ0n) is 21.8. The molecule has 1 aromatic carbocycles. The maximum Gasteiger partial charge on any atom is 0.305 e. The van der Waals surface area contributed by atoms with E-state index >= 15 is 0 Å². The first-order chi connectivity index (χ1) is 19.1. The van der Waals surface area contributed by atoms with Gasteiger partial charge in [-0.1, -0.05) is 6.07 Å². The van der Waals surface area contributed by atoms with E-state index in [-0.39, 0.29) is 6.42 Å². The molecular formula is C29H32N6O4. The van der Waals surface area contributed by atoms with Gasteiger partial charge in [0.1, 0.15) is 17.6 Å². The largest absolute Gasteiger partial charge is 0.493 e. The molecule has 1 atom stereocenters. The van der Waals surface area contributed by atoms with E-state index < -0.39 is 12.0 Å². The number of carboxylic acid groups (broad SMARTS) is 1. The number of fused-ring (bicyclic) bond motifs is 2. The van der Waals surface area contributed by atoms with Crippen molar-refractivity contribution < 1.29 is 19.4 Å². The van der Waals surface area contributed by atoms with Crippen LogP contribution < -0.4 is 9.64 Å². The molecule has 10 heteroatoms. The minimum atomic E-state index is -0.932. The van der Waals surface area contributed by atoms with E-state index in [1.807, 2.05) is 18.2 Å². The van der Waals surface area contributed by atoms with E-state index in [0.717, 1.165) is 54.7 Å². The highest BCUT2D eigenvalue weighted by atomic mass is 16.5. The van der Waals surface area contributed by atoms with Crippen LogP contribution in [0.3, 0.4) is 0 Å². The number of aliphatic carboxylic acids is 1. The molecule has 0 spiro atoms. The van der Waals surface area contributed by atoms with Gasteiger partial charge in [-0.05, 0) is 55.5 Å². The fourth-order valence-electron chi connectivity index (χ4n) is 5.37. The van der Waals surface area contributed by atoms with Crippen molar-refractivity contribution in [2.75, 3.05) is 37.8 Å². The molecule has 1 aliphatic carbocycles. The number of morpholine rings is 1. The van der Waals surface area contributed by atoms with Gasteiger partial charge >= 0.3 is 5.97 Å². The summed E-state index contributed by atoms with van der Waals surface area (Å²) >= 11 is 0. The normalized spacial score (nSPS) is 16.2. The highest BCUT2D eigenvalue weighted by Gasteiger charge is 2.24. The van der Waals surface area contributed by atoms with Crippen LogP contribution in [0.1, 0.15) is 47.9 Å². The maximum atomic E-state index is 11.8. The van der Waals surface area contributed by atoms with Crippen molar-refractivity contribution in [2.45, 2.75) is 44.6 Å². The van der Waals surface area contributed by atoms with Crippen molar-refractivity contribution in [3.8, 4) is 5.75 Å². The number of rotatable bonds is 9. The molecule has 1 aliphatic heterocycles. The summed E-state index contributed by atoms with van der Waals surface area (Å²) in [5.41, 5.74) is 5.05.